The number of amides is 1. The molecular weight excluding hydrogens is 314 g/mol. The maximum absolute atomic E-state index is 12.5. The fraction of sp³-hybridized carbons (Fsp3) is 0.389. The maximum atomic E-state index is 12.5. The van der Waals surface area contributed by atoms with E-state index in [0.29, 0.717) is 28.2 Å². The van der Waals surface area contributed by atoms with E-state index in [1.165, 1.54) is 6.42 Å². The van der Waals surface area contributed by atoms with Crippen LogP contribution in [0.3, 0.4) is 0 Å². The molecule has 2 heterocycles. The van der Waals surface area contributed by atoms with Crippen molar-refractivity contribution in [3.63, 3.8) is 0 Å². The van der Waals surface area contributed by atoms with Crippen LogP contribution in [-0.4, -0.2) is 23.9 Å². The van der Waals surface area contributed by atoms with Crippen LogP contribution >= 0.6 is 11.6 Å². The van der Waals surface area contributed by atoms with E-state index >= 15 is 0 Å². The molecule has 1 aliphatic heterocycles. The van der Waals surface area contributed by atoms with Gasteiger partial charge in [0.2, 0.25) is 0 Å². The first-order valence-electron chi connectivity index (χ1n) is 7.89. The number of likely N-dealkylation sites (tertiary alicyclic amines) is 1. The van der Waals surface area contributed by atoms with Crippen molar-refractivity contribution in [2.75, 3.05) is 13.1 Å². The normalized spacial score (nSPS) is 18.0. The highest BCUT2D eigenvalue weighted by Crippen LogP contribution is 2.25. The molecule has 5 heteroatoms. The number of halogens is 1. The Balaban J connectivity index is 1.61. The lowest BCUT2D eigenvalue weighted by Gasteiger charge is -2.30. The Bertz CT molecular complexity index is 682. The number of carbonyl (C=O) groups excluding carboxylic acids is 1. The van der Waals surface area contributed by atoms with Crippen LogP contribution in [-0.2, 0) is 6.61 Å². The topological polar surface area (TPSA) is 42.7 Å². The van der Waals surface area contributed by atoms with Gasteiger partial charge in [0.1, 0.15) is 18.1 Å². The minimum Gasteiger partial charge on any atom is -0.484 e. The molecule has 1 unspecified atom stereocenters. The minimum absolute atomic E-state index is 0.0412. The van der Waals surface area contributed by atoms with Gasteiger partial charge in [0.05, 0.1) is 5.02 Å². The summed E-state index contributed by atoms with van der Waals surface area (Å²) >= 11 is 6.04. The van der Waals surface area contributed by atoms with E-state index in [1.807, 2.05) is 17.0 Å². The fourth-order valence-corrected chi connectivity index (χ4v) is 3.00. The summed E-state index contributed by atoms with van der Waals surface area (Å²) in [6.07, 6.45) is 2.23. The second-order valence-corrected chi connectivity index (χ2v) is 6.39. The van der Waals surface area contributed by atoms with E-state index in [4.69, 9.17) is 20.8 Å². The molecule has 3 rings (SSSR count). The van der Waals surface area contributed by atoms with E-state index in [1.54, 1.807) is 24.3 Å². The number of nitrogens with zero attached hydrogens (tertiary/aromatic N) is 1. The van der Waals surface area contributed by atoms with Gasteiger partial charge in [0.15, 0.2) is 5.76 Å². The number of para-hydroxylation sites is 1. The van der Waals surface area contributed by atoms with Crippen LogP contribution < -0.4 is 4.74 Å². The number of piperidine rings is 1. The zero-order valence-electron chi connectivity index (χ0n) is 13.1. The zero-order chi connectivity index (χ0) is 16.2. The molecule has 1 saturated heterocycles. The molecule has 0 N–H and O–H groups in total. The van der Waals surface area contributed by atoms with Crippen molar-refractivity contribution >= 4 is 17.5 Å². The third-order valence-electron chi connectivity index (χ3n) is 4.02. The first-order valence-corrected chi connectivity index (χ1v) is 8.26. The van der Waals surface area contributed by atoms with Crippen LogP contribution in [0.15, 0.2) is 40.8 Å². The van der Waals surface area contributed by atoms with E-state index < -0.39 is 0 Å². The Labute approximate surface area is 141 Å². The highest BCUT2D eigenvalue weighted by Gasteiger charge is 2.24. The van der Waals surface area contributed by atoms with E-state index in [-0.39, 0.29) is 12.5 Å². The van der Waals surface area contributed by atoms with Gasteiger partial charge in [0.25, 0.3) is 5.91 Å². The molecular formula is C18H20ClNO3. The third kappa shape index (κ3) is 3.88. The van der Waals surface area contributed by atoms with Gasteiger partial charge in [0, 0.05) is 13.1 Å². The van der Waals surface area contributed by atoms with Crippen molar-refractivity contribution in [2.45, 2.75) is 26.4 Å². The van der Waals surface area contributed by atoms with Gasteiger partial charge in [-0.2, -0.15) is 0 Å². The third-order valence-corrected chi connectivity index (χ3v) is 4.34. The summed E-state index contributed by atoms with van der Waals surface area (Å²) in [6, 6.07) is 10.8. The van der Waals surface area contributed by atoms with Crippen molar-refractivity contribution in [2.24, 2.45) is 5.92 Å². The molecule has 1 amide bonds. The molecule has 1 aromatic heterocycles. The van der Waals surface area contributed by atoms with E-state index in [2.05, 4.69) is 6.92 Å². The van der Waals surface area contributed by atoms with Crippen LogP contribution in [0.2, 0.25) is 5.02 Å². The molecule has 2 aromatic rings. The minimum atomic E-state index is -0.0412. The molecule has 0 spiro atoms. The SMILES string of the molecule is CC1CCCN(C(=O)c2ccc(COc3ccccc3Cl)o2)C1. The number of carbonyl (C=O) groups is 1. The molecule has 1 fully saturated rings. The zero-order valence-corrected chi connectivity index (χ0v) is 13.9. The number of rotatable bonds is 4. The van der Waals surface area contributed by atoms with Gasteiger partial charge >= 0.3 is 0 Å². The molecule has 0 saturated carbocycles. The van der Waals surface area contributed by atoms with Crippen LogP contribution in [0.25, 0.3) is 0 Å². The second kappa shape index (κ2) is 7.09. The summed E-state index contributed by atoms with van der Waals surface area (Å²) in [5.74, 6) is 2.09. The second-order valence-electron chi connectivity index (χ2n) is 5.98. The van der Waals surface area contributed by atoms with Crippen molar-refractivity contribution in [3.8, 4) is 5.75 Å². The molecule has 23 heavy (non-hydrogen) atoms. The van der Waals surface area contributed by atoms with Gasteiger partial charge in [-0.15, -0.1) is 0 Å². The average molecular weight is 334 g/mol. The highest BCUT2D eigenvalue weighted by atomic mass is 35.5. The van der Waals surface area contributed by atoms with Gasteiger partial charge < -0.3 is 14.1 Å². The van der Waals surface area contributed by atoms with Gasteiger partial charge in [-0.25, -0.2) is 0 Å². The summed E-state index contributed by atoms with van der Waals surface area (Å²) in [5.41, 5.74) is 0. The van der Waals surface area contributed by atoms with Crippen molar-refractivity contribution in [1.82, 2.24) is 4.90 Å². The predicted octanol–water partition coefficient (Wildman–Crippen LogP) is 4.38. The summed E-state index contributed by atoms with van der Waals surface area (Å²) in [5, 5.41) is 0.553. The molecule has 1 aromatic carbocycles. The smallest absolute Gasteiger partial charge is 0.289 e. The number of benzene rings is 1. The maximum Gasteiger partial charge on any atom is 0.289 e. The van der Waals surface area contributed by atoms with Crippen molar-refractivity contribution < 1.29 is 13.9 Å². The van der Waals surface area contributed by atoms with Gasteiger partial charge in [-0.1, -0.05) is 30.7 Å². The molecule has 0 radical (unpaired) electrons. The molecule has 122 valence electrons. The average Bonchev–Trinajstić information content (AvgIpc) is 3.02. The highest BCUT2D eigenvalue weighted by molar-refractivity contribution is 6.32. The lowest BCUT2D eigenvalue weighted by Crippen LogP contribution is -2.38. The first-order chi connectivity index (χ1) is 11.1. The lowest BCUT2D eigenvalue weighted by atomic mass is 10.0. The molecule has 0 bridgehead atoms. The summed E-state index contributed by atoms with van der Waals surface area (Å²) < 4.78 is 11.3. The summed E-state index contributed by atoms with van der Waals surface area (Å²) in [7, 11) is 0. The molecule has 0 aliphatic carbocycles. The van der Waals surface area contributed by atoms with Crippen molar-refractivity contribution in [3.05, 3.63) is 52.9 Å². The molecule has 1 aliphatic rings. The number of ether oxygens (including phenoxy) is 1. The van der Waals surface area contributed by atoms with Crippen molar-refractivity contribution in [1.29, 1.82) is 0 Å². The number of furan rings is 1. The van der Waals surface area contributed by atoms with Crippen LogP contribution in [0.1, 0.15) is 36.1 Å². The van der Waals surface area contributed by atoms with Crippen LogP contribution in [0, 0.1) is 5.92 Å². The standard InChI is InChI=1S/C18H20ClNO3/c1-13-5-4-10-20(11-13)18(21)17-9-8-14(23-17)12-22-16-7-3-2-6-15(16)19/h2-3,6-9,13H,4-5,10-12H2,1H3. The predicted molar refractivity (Wildman–Crippen MR) is 88.8 cm³/mol. The molecule has 4 nitrogen and oxygen atoms in total. The van der Waals surface area contributed by atoms with Gasteiger partial charge in [-0.05, 0) is 43.0 Å². The van der Waals surface area contributed by atoms with Gasteiger partial charge in [-0.3, -0.25) is 4.79 Å². The summed E-state index contributed by atoms with van der Waals surface area (Å²) in [4.78, 5) is 14.3. The van der Waals surface area contributed by atoms with Crippen LogP contribution in [0.4, 0.5) is 0 Å². The lowest BCUT2D eigenvalue weighted by molar-refractivity contribution is 0.0647. The number of hydrogen-bond donors (Lipinski definition) is 0. The Morgan fingerprint density at radius 1 is 1.35 bits per heavy atom. The Morgan fingerprint density at radius 2 is 2.17 bits per heavy atom. The largest absolute Gasteiger partial charge is 0.484 e. The Morgan fingerprint density at radius 3 is 2.96 bits per heavy atom. The fourth-order valence-electron chi connectivity index (χ4n) is 2.81. The van der Waals surface area contributed by atoms with Crippen LogP contribution in [0.5, 0.6) is 5.75 Å². The summed E-state index contributed by atoms with van der Waals surface area (Å²) in [6.45, 7) is 4.01. The first kappa shape index (κ1) is 15.9. The van der Waals surface area contributed by atoms with E-state index in [0.717, 1.165) is 19.5 Å². The Kier molecular flexibility index (Phi) is 4.91. The number of hydrogen-bond acceptors (Lipinski definition) is 3. The monoisotopic (exact) mass is 333 g/mol. The molecule has 1 atom stereocenters. The quantitative estimate of drug-likeness (QED) is 0.833. The van der Waals surface area contributed by atoms with E-state index in [9.17, 15) is 4.79 Å². The Hall–Kier alpha value is -1.94.